The van der Waals surface area contributed by atoms with Gasteiger partial charge in [-0.3, -0.25) is 0 Å². The summed E-state index contributed by atoms with van der Waals surface area (Å²) >= 11 is 0. The van der Waals surface area contributed by atoms with Gasteiger partial charge in [-0.25, -0.2) is 0 Å². The first-order chi connectivity index (χ1) is 3.39. The summed E-state index contributed by atoms with van der Waals surface area (Å²) in [6.45, 7) is 0. The van der Waals surface area contributed by atoms with Gasteiger partial charge in [0.15, 0.2) is 0 Å². The molecule has 0 unspecified atom stereocenters. The van der Waals surface area contributed by atoms with Gasteiger partial charge in [-0.2, -0.15) is 0 Å². The van der Waals surface area contributed by atoms with Gasteiger partial charge in [-0.15, -0.1) is 0 Å². The summed E-state index contributed by atoms with van der Waals surface area (Å²) in [5, 5.41) is 0. The summed E-state index contributed by atoms with van der Waals surface area (Å²) in [5.41, 5.74) is 0.822. The Morgan fingerprint density at radius 2 is 1.40 bits per heavy atom. The minimum atomic E-state index is 0. The van der Waals surface area contributed by atoms with Gasteiger partial charge < -0.3 is 15.7 Å². The third-order valence-corrected chi connectivity index (χ3v) is 0.800. The molecule has 4 heteroatoms. The summed E-state index contributed by atoms with van der Waals surface area (Å²) in [7, 11) is 5.36. The van der Waals surface area contributed by atoms with E-state index in [1.54, 1.807) is 0 Å². The van der Waals surface area contributed by atoms with Crippen molar-refractivity contribution in [3.63, 3.8) is 0 Å². The number of hydrogen-bond acceptors (Lipinski definition) is 1. The van der Waals surface area contributed by atoms with Gasteiger partial charge >= 0.3 is 43.6 Å². The van der Waals surface area contributed by atoms with Crippen LogP contribution in [0.2, 0.25) is 0 Å². The number of halogens is 1. The van der Waals surface area contributed by atoms with Crippen LogP contribution in [0, 0.1) is 0 Å². The van der Waals surface area contributed by atoms with Crippen molar-refractivity contribution in [3.05, 3.63) is 30.3 Å². The molecule has 10 heavy (non-hydrogen) atoms. The predicted molar refractivity (Wildman–Crippen MR) is 37.4 cm³/mol. The van der Waals surface area contributed by atoms with E-state index in [0.717, 1.165) is 5.46 Å². The molecule has 0 aliphatic heterocycles. The molecule has 54 valence electrons. The molecule has 0 spiro atoms. The van der Waals surface area contributed by atoms with E-state index in [4.69, 9.17) is 7.85 Å². The maximum Gasteiger partial charge on any atom is -0.870 e. The number of hydrogen-bond donors (Lipinski definition) is 0. The van der Waals surface area contributed by atoms with Gasteiger partial charge in [-0.05, 0) is 0 Å². The quantitative estimate of drug-likeness (QED) is 0.346. The molecule has 1 aromatic carbocycles. The predicted octanol–water partition coefficient (Wildman–Crippen LogP) is -3.52. The molecule has 0 atom stereocenters. The van der Waals surface area contributed by atoms with Gasteiger partial charge in [0.1, 0.15) is 0 Å². The second-order valence-corrected chi connectivity index (χ2v) is 1.41. The van der Waals surface area contributed by atoms with Crippen LogP contribution < -0.4 is 10.2 Å². The fourth-order valence-corrected chi connectivity index (χ4v) is 0.453. The third-order valence-electron chi connectivity index (χ3n) is 0.800. The smallest absolute Gasteiger partial charge is 0.870 e. The Labute approximate surface area is 60.3 Å². The first-order valence-corrected chi connectivity index (χ1v) is 2.20. The standard InChI is InChI=1S/C6H5B.FH.2H2O/c7-6-4-2-1-3-5-6;;;/h1-5H;1H;2*1H2/q+2;;;/p-2. The Bertz CT molecular complexity index is 146. The molecule has 0 radical (unpaired) electrons. The minimum Gasteiger partial charge on any atom is -1.00 e. The molecule has 0 heterocycles. The third kappa shape index (κ3) is 5.28. The molecule has 0 aliphatic carbocycles. The van der Waals surface area contributed by atoms with Gasteiger partial charge in [-0.1, -0.05) is 0 Å². The van der Waals surface area contributed by atoms with Gasteiger partial charge in [0.05, 0.1) is 0 Å². The molecule has 0 aromatic heterocycles. The maximum atomic E-state index is 5.36. The molecule has 0 saturated heterocycles. The first-order valence-electron chi connectivity index (χ1n) is 2.20. The van der Waals surface area contributed by atoms with Crippen LogP contribution in [0.5, 0.6) is 0 Å². The van der Waals surface area contributed by atoms with E-state index in [-0.39, 0.29) is 15.7 Å². The van der Waals surface area contributed by atoms with Crippen LogP contribution in [0.3, 0.4) is 0 Å². The summed E-state index contributed by atoms with van der Waals surface area (Å²) in [6, 6.07) is 9.49. The van der Waals surface area contributed by atoms with E-state index >= 15 is 0 Å². The SMILES string of the molecule is O.[B+2]c1ccccc1.[F-].[OH-]. The van der Waals surface area contributed by atoms with Crippen LogP contribution >= 0.6 is 0 Å². The number of rotatable bonds is 0. The second-order valence-electron chi connectivity index (χ2n) is 1.41. The van der Waals surface area contributed by atoms with Crippen molar-refractivity contribution in [2.24, 2.45) is 0 Å². The molecule has 1 rings (SSSR count). The van der Waals surface area contributed by atoms with Crippen molar-refractivity contribution in [2.45, 2.75) is 0 Å². The van der Waals surface area contributed by atoms with Crippen molar-refractivity contribution in [3.8, 4) is 0 Å². The molecule has 1 aromatic rings. The Balaban J connectivity index is -0.000000163. The van der Waals surface area contributed by atoms with E-state index in [0.29, 0.717) is 0 Å². The van der Waals surface area contributed by atoms with Crippen molar-refractivity contribution in [1.29, 1.82) is 0 Å². The fraction of sp³-hybridized carbons (Fsp3) is 0. The molecule has 0 saturated carbocycles. The van der Waals surface area contributed by atoms with Gasteiger partial charge in [0, 0.05) is 0 Å². The normalized spacial score (nSPS) is 6.20. The van der Waals surface area contributed by atoms with Crippen LogP contribution in [-0.4, -0.2) is 18.8 Å². The Morgan fingerprint density at radius 1 is 1.00 bits per heavy atom. The van der Waals surface area contributed by atoms with Crippen LogP contribution in [-0.2, 0) is 0 Å². The average molecular weight is 142 g/mol. The number of benzene rings is 1. The maximum absolute atomic E-state index is 5.36. The van der Waals surface area contributed by atoms with Crippen molar-refractivity contribution < 1.29 is 15.7 Å². The Kier molecular flexibility index (Phi) is 13.1. The summed E-state index contributed by atoms with van der Waals surface area (Å²) in [6.07, 6.45) is 0. The summed E-state index contributed by atoms with van der Waals surface area (Å²) in [4.78, 5) is 0. The van der Waals surface area contributed by atoms with Crippen molar-refractivity contribution >= 4 is 13.3 Å². The van der Waals surface area contributed by atoms with Gasteiger partial charge in [0.25, 0.3) is 0 Å². The molecule has 0 aliphatic rings. The molecule has 0 amide bonds. The molecule has 0 bridgehead atoms. The topological polar surface area (TPSA) is 61.5 Å². The average Bonchev–Trinajstić information content (AvgIpc) is 1.69. The van der Waals surface area contributed by atoms with Gasteiger partial charge in [0.2, 0.25) is 0 Å². The van der Waals surface area contributed by atoms with E-state index < -0.39 is 0 Å². The zero-order valence-corrected chi connectivity index (χ0v) is 5.29. The molecule has 0 fully saturated rings. The van der Waals surface area contributed by atoms with E-state index in [2.05, 4.69) is 0 Å². The molecular weight excluding hydrogens is 134 g/mol. The molecular formula is C6H8BFO2. The molecule has 3 N–H and O–H groups in total. The van der Waals surface area contributed by atoms with E-state index in [1.165, 1.54) is 0 Å². The van der Waals surface area contributed by atoms with Crippen LogP contribution in [0.25, 0.3) is 0 Å². The summed E-state index contributed by atoms with van der Waals surface area (Å²) in [5.74, 6) is 0. The summed E-state index contributed by atoms with van der Waals surface area (Å²) < 4.78 is 0. The van der Waals surface area contributed by atoms with Crippen LogP contribution in [0.15, 0.2) is 30.3 Å². The zero-order valence-electron chi connectivity index (χ0n) is 5.29. The largest absolute Gasteiger partial charge is 1.00 e. The zero-order chi connectivity index (χ0) is 5.11. The first kappa shape index (κ1) is 16.1. The Hall–Kier alpha value is -0.865. The van der Waals surface area contributed by atoms with Crippen molar-refractivity contribution in [2.75, 3.05) is 0 Å². The fourth-order valence-electron chi connectivity index (χ4n) is 0.453. The van der Waals surface area contributed by atoms with Crippen LogP contribution in [0.1, 0.15) is 0 Å². The Morgan fingerprint density at radius 3 is 1.60 bits per heavy atom. The monoisotopic (exact) mass is 142 g/mol. The second kappa shape index (κ2) is 8.13. The van der Waals surface area contributed by atoms with Crippen LogP contribution in [0.4, 0.5) is 0 Å². The minimum absolute atomic E-state index is 0. The van der Waals surface area contributed by atoms with E-state index in [1.807, 2.05) is 30.3 Å². The molecule has 2 nitrogen and oxygen atoms in total. The van der Waals surface area contributed by atoms with Crippen molar-refractivity contribution in [1.82, 2.24) is 0 Å². The van der Waals surface area contributed by atoms with E-state index in [9.17, 15) is 0 Å².